The standard InChI is InChI=1S/C14H20N2O3/c1-9-6-10(7-11(12(9)15)13(17)18)16-8-14(2)4-3-5-19-14/h6-7,16H,3-5,8,15H2,1-2H3,(H,17,18). The number of aromatic carboxylic acids is 1. The summed E-state index contributed by atoms with van der Waals surface area (Å²) in [6.07, 6.45) is 2.08. The lowest BCUT2D eigenvalue weighted by Gasteiger charge is -2.24. The van der Waals surface area contributed by atoms with Crippen LogP contribution in [0, 0.1) is 6.92 Å². The summed E-state index contributed by atoms with van der Waals surface area (Å²) < 4.78 is 5.69. The zero-order valence-electron chi connectivity index (χ0n) is 11.3. The molecule has 5 nitrogen and oxygen atoms in total. The summed E-state index contributed by atoms with van der Waals surface area (Å²) in [6, 6.07) is 3.43. The van der Waals surface area contributed by atoms with Crippen molar-refractivity contribution < 1.29 is 14.6 Å². The van der Waals surface area contributed by atoms with Crippen LogP contribution < -0.4 is 11.1 Å². The molecule has 0 amide bonds. The van der Waals surface area contributed by atoms with E-state index in [1.165, 1.54) is 0 Å². The van der Waals surface area contributed by atoms with Gasteiger partial charge >= 0.3 is 5.97 Å². The first-order chi connectivity index (χ1) is 8.91. The van der Waals surface area contributed by atoms with Crippen molar-refractivity contribution in [2.75, 3.05) is 24.2 Å². The Morgan fingerprint density at radius 3 is 2.89 bits per heavy atom. The average molecular weight is 264 g/mol. The molecule has 1 saturated heterocycles. The van der Waals surface area contributed by atoms with Crippen molar-refractivity contribution >= 4 is 17.3 Å². The van der Waals surface area contributed by atoms with E-state index in [-0.39, 0.29) is 11.2 Å². The minimum absolute atomic E-state index is 0.139. The third-order valence-corrected chi connectivity index (χ3v) is 3.58. The van der Waals surface area contributed by atoms with Gasteiger partial charge in [0.05, 0.1) is 11.2 Å². The van der Waals surface area contributed by atoms with Crippen molar-refractivity contribution in [2.45, 2.75) is 32.3 Å². The van der Waals surface area contributed by atoms with E-state index >= 15 is 0 Å². The van der Waals surface area contributed by atoms with Gasteiger partial charge in [0, 0.05) is 24.5 Å². The Bertz CT molecular complexity index is 494. The molecule has 1 unspecified atom stereocenters. The van der Waals surface area contributed by atoms with Gasteiger partial charge in [-0.25, -0.2) is 4.79 Å². The molecule has 1 atom stereocenters. The zero-order valence-corrected chi connectivity index (χ0v) is 11.3. The average Bonchev–Trinajstić information content (AvgIpc) is 2.78. The highest BCUT2D eigenvalue weighted by molar-refractivity contribution is 5.95. The lowest BCUT2D eigenvalue weighted by atomic mass is 10.0. The second-order valence-electron chi connectivity index (χ2n) is 5.32. The van der Waals surface area contributed by atoms with Crippen molar-refractivity contribution in [3.8, 4) is 0 Å². The lowest BCUT2D eigenvalue weighted by Crippen LogP contribution is -2.32. The van der Waals surface area contributed by atoms with Crippen LogP contribution in [0.25, 0.3) is 0 Å². The number of carboxylic acids is 1. The molecule has 19 heavy (non-hydrogen) atoms. The number of benzene rings is 1. The van der Waals surface area contributed by atoms with Crippen molar-refractivity contribution in [1.29, 1.82) is 0 Å². The van der Waals surface area contributed by atoms with Gasteiger partial charge in [0.15, 0.2) is 0 Å². The largest absolute Gasteiger partial charge is 0.478 e. The van der Waals surface area contributed by atoms with Crippen LogP contribution in [0.2, 0.25) is 0 Å². The third-order valence-electron chi connectivity index (χ3n) is 3.58. The van der Waals surface area contributed by atoms with Crippen molar-refractivity contribution in [2.24, 2.45) is 0 Å². The fourth-order valence-corrected chi connectivity index (χ4v) is 2.34. The molecule has 104 valence electrons. The topological polar surface area (TPSA) is 84.6 Å². The maximum atomic E-state index is 11.1. The van der Waals surface area contributed by atoms with Crippen LogP contribution in [-0.4, -0.2) is 29.8 Å². The van der Waals surface area contributed by atoms with Crippen molar-refractivity contribution in [1.82, 2.24) is 0 Å². The number of hydrogen-bond donors (Lipinski definition) is 3. The predicted molar refractivity (Wildman–Crippen MR) is 74.6 cm³/mol. The number of carboxylic acid groups (broad SMARTS) is 1. The molecule has 1 aliphatic rings. The Morgan fingerprint density at radius 2 is 2.32 bits per heavy atom. The van der Waals surface area contributed by atoms with Gasteiger partial charge in [-0.3, -0.25) is 0 Å². The van der Waals surface area contributed by atoms with Gasteiger partial charge in [-0.2, -0.15) is 0 Å². The maximum Gasteiger partial charge on any atom is 0.337 e. The van der Waals surface area contributed by atoms with E-state index < -0.39 is 5.97 Å². The molecular weight excluding hydrogens is 244 g/mol. The molecule has 1 heterocycles. The zero-order chi connectivity index (χ0) is 14.0. The molecule has 5 heteroatoms. The summed E-state index contributed by atoms with van der Waals surface area (Å²) in [7, 11) is 0. The van der Waals surface area contributed by atoms with Crippen molar-refractivity contribution in [3.63, 3.8) is 0 Å². The summed E-state index contributed by atoms with van der Waals surface area (Å²) in [5.41, 5.74) is 7.58. The summed E-state index contributed by atoms with van der Waals surface area (Å²) in [5.74, 6) is -1.01. The highest BCUT2D eigenvalue weighted by Gasteiger charge is 2.29. The minimum atomic E-state index is -1.01. The molecular formula is C14H20N2O3. The Kier molecular flexibility index (Phi) is 3.66. The van der Waals surface area contributed by atoms with Gasteiger partial charge in [-0.15, -0.1) is 0 Å². The Labute approximate surface area is 112 Å². The molecule has 2 rings (SSSR count). The first kappa shape index (κ1) is 13.7. The van der Waals surface area contributed by atoms with Crippen LogP contribution in [0.4, 0.5) is 11.4 Å². The fourth-order valence-electron chi connectivity index (χ4n) is 2.34. The third kappa shape index (κ3) is 2.98. The molecule has 4 N–H and O–H groups in total. The highest BCUT2D eigenvalue weighted by Crippen LogP contribution is 2.27. The lowest BCUT2D eigenvalue weighted by molar-refractivity contribution is 0.0315. The van der Waals surface area contributed by atoms with Crippen LogP contribution in [0.3, 0.4) is 0 Å². The quantitative estimate of drug-likeness (QED) is 0.726. The van der Waals surface area contributed by atoms with Gasteiger partial charge in [0.25, 0.3) is 0 Å². The van der Waals surface area contributed by atoms with E-state index in [4.69, 9.17) is 15.6 Å². The van der Waals surface area contributed by atoms with Crippen LogP contribution in [0.5, 0.6) is 0 Å². The van der Waals surface area contributed by atoms with Gasteiger partial charge in [0.2, 0.25) is 0 Å². The Balaban J connectivity index is 2.14. The molecule has 1 aromatic carbocycles. The SMILES string of the molecule is Cc1cc(NCC2(C)CCCO2)cc(C(=O)O)c1N. The molecule has 0 aromatic heterocycles. The van der Waals surface area contributed by atoms with Crippen LogP contribution >= 0.6 is 0 Å². The molecule has 1 aliphatic heterocycles. The summed E-state index contributed by atoms with van der Waals surface area (Å²) in [6.45, 7) is 5.32. The highest BCUT2D eigenvalue weighted by atomic mass is 16.5. The second kappa shape index (κ2) is 5.09. The minimum Gasteiger partial charge on any atom is -0.478 e. The summed E-state index contributed by atoms with van der Waals surface area (Å²) >= 11 is 0. The van der Waals surface area contributed by atoms with Gasteiger partial charge < -0.3 is 20.9 Å². The van der Waals surface area contributed by atoms with E-state index in [0.29, 0.717) is 12.2 Å². The number of nitrogens with two attached hydrogens (primary N) is 1. The molecule has 0 radical (unpaired) electrons. The maximum absolute atomic E-state index is 11.1. The van der Waals surface area contributed by atoms with E-state index in [9.17, 15) is 4.79 Å². The van der Waals surface area contributed by atoms with Gasteiger partial charge in [0.1, 0.15) is 0 Å². The molecule has 1 aromatic rings. The first-order valence-electron chi connectivity index (χ1n) is 6.42. The number of hydrogen-bond acceptors (Lipinski definition) is 4. The smallest absolute Gasteiger partial charge is 0.337 e. The van der Waals surface area contributed by atoms with E-state index in [2.05, 4.69) is 12.2 Å². The predicted octanol–water partition coefficient (Wildman–Crippen LogP) is 2.26. The van der Waals surface area contributed by atoms with Crippen LogP contribution in [0.1, 0.15) is 35.7 Å². The fraction of sp³-hybridized carbons (Fsp3) is 0.500. The van der Waals surface area contributed by atoms with Gasteiger partial charge in [-0.1, -0.05) is 0 Å². The molecule has 0 aliphatic carbocycles. The van der Waals surface area contributed by atoms with E-state index in [0.717, 1.165) is 30.7 Å². The van der Waals surface area contributed by atoms with Crippen LogP contribution in [-0.2, 0) is 4.74 Å². The summed E-state index contributed by atoms with van der Waals surface area (Å²) in [4.78, 5) is 11.1. The Morgan fingerprint density at radius 1 is 1.58 bits per heavy atom. The number of anilines is 2. The normalized spacial score (nSPS) is 22.4. The number of ether oxygens (including phenoxy) is 1. The number of nitrogens with one attached hydrogen (secondary N) is 1. The van der Waals surface area contributed by atoms with E-state index in [1.807, 2.05) is 6.07 Å². The van der Waals surface area contributed by atoms with E-state index in [1.54, 1.807) is 13.0 Å². The monoisotopic (exact) mass is 264 g/mol. The number of aryl methyl sites for hydroxylation is 1. The molecule has 0 spiro atoms. The van der Waals surface area contributed by atoms with Crippen molar-refractivity contribution in [3.05, 3.63) is 23.3 Å². The second-order valence-corrected chi connectivity index (χ2v) is 5.32. The number of nitrogen functional groups attached to an aromatic ring is 1. The van der Waals surface area contributed by atoms with Crippen LogP contribution in [0.15, 0.2) is 12.1 Å². The summed E-state index contributed by atoms with van der Waals surface area (Å²) in [5, 5.41) is 12.4. The number of carbonyl (C=O) groups is 1. The first-order valence-corrected chi connectivity index (χ1v) is 6.42. The molecule has 0 saturated carbocycles. The van der Waals surface area contributed by atoms with Gasteiger partial charge in [-0.05, 0) is 44.4 Å². The number of rotatable bonds is 4. The molecule has 0 bridgehead atoms. The Hall–Kier alpha value is -1.75. The molecule has 1 fully saturated rings.